The van der Waals surface area contributed by atoms with Crippen molar-refractivity contribution in [2.75, 3.05) is 19.7 Å². The van der Waals surface area contributed by atoms with Crippen molar-refractivity contribution in [1.82, 2.24) is 9.29 Å². The summed E-state index contributed by atoms with van der Waals surface area (Å²) in [5, 5.41) is 10.0. The molecule has 1 unspecified atom stereocenters. The van der Waals surface area contributed by atoms with Crippen LogP contribution in [0.3, 0.4) is 0 Å². The molecule has 2 aromatic rings. The van der Waals surface area contributed by atoms with Crippen LogP contribution in [0.2, 0.25) is 0 Å². The third-order valence-electron chi connectivity index (χ3n) is 3.94. The summed E-state index contributed by atoms with van der Waals surface area (Å²) >= 11 is 0. The number of nitrogens with zero attached hydrogens (tertiary/aromatic N) is 2. The summed E-state index contributed by atoms with van der Waals surface area (Å²) in [6, 6.07) is 7.15. The van der Waals surface area contributed by atoms with E-state index in [1.165, 1.54) is 4.31 Å². The van der Waals surface area contributed by atoms with Gasteiger partial charge in [-0.1, -0.05) is 12.1 Å². The Labute approximate surface area is 124 Å². The standard InChI is InChI=1S/C15H18N2O3S/c1-11-7-13-3-2-4-14(15(13)16-8-11)21(19,20)17-6-5-12(9-17)10-18/h2-4,7-8,12,18H,5-6,9-10H2,1H3. The Balaban J connectivity index is 2.07. The Kier molecular flexibility index (Phi) is 3.69. The summed E-state index contributed by atoms with van der Waals surface area (Å²) in [7, 11) is -3.56. The van der Waals surface area contributed by atoms with Crippen LogP contribution in [0, 0.1) is 12.8 Å². The number of aliphatic hydroxyl groups excluding tert-OH is 1. The van der Waals surface area contributed by atoms with Gasteiger partial charge in [0.25, 0.3) is 0 Å². The first-order valence-electron chi connectivity index (χ1n) is 6.99. The number of hydrogen-bond acceptors (Lipinski definition) is 4. The average Bonchev–Trinajstić information content (AvgIpc) is 2.96. The maximum atomic E-state index is 12.8. The topological polar surface area (TPSA) is 70.5 Å². The van der Waals surface area contributed by atoms with Crippen LogP contribution < -0.4 is 0 Å². The lowest BCUT2D eigenvalue weighted by molar-refractivity contribution is 0.233. The fourth-order valence-corrected chi connectivity index (χ4v) is 4.45. The van der Waals surface area contributed by atoms with Crippen molar-refractivity contribution >= 4 is 20.9 Å². The van der Waals surface area contributed by atoms with E-state index < -0.39 is 10.0 Å². The molecule has 0 aliphatic carbocycles. The number of aryl methyl sites for hydroxylation is 1. The molecule has 21 heavy (non-hydrogen) atoms. The second kappa shape index (κ2) is 5.36. The van der Waals surface area contributed by atoms with Gasteiger partial charge in [0.05, 0.1) is 5.52 Å². The zero-order valence-corrected chi connectivity index (χ0v) is 12.7. The number of sulfonamides is 1. The summed E-state index contributed by atoms with van der Waals surface area (Å²) in [5.41, 5.74) is 1.51. The maximum absolute atomic E-state index is 12.8. The Bertz CT molecular complexity index is 774. The predicted octanol–water partition coefficient (Wildman–Crippen LogP) is 1.55. The van der Waals surface area contributed by atoms with Crippen molar-refractivity contribution in [3.05, 3.63) is 36.0 Å². The first-order chi connectivity index (χ1) is 10.0. The van der Waals surface area contributed by atoms with Gasteiger partial charge in [-0.25, -0.2) is 8.42 Å². The second-order valence-corrected chi connectivity index (χ2v) is 7.45. The van der Waals surface area contributed by atoms with Gasteiger partial charge in [0.2, 0.25) is 10.0 Å². The van der Waals surface area contributed by atoms with E-state index in [0.29, 0.717) is 25.0 Å². The minimum absolute atomic E-state index is 0.0268. The Morgan fingerprint density at radius 2 is 2.24 bits per heavy atom. The minimum Gasteiger partial charge on any atom is -0.396 e. The van der Waals surface area contributed by atoms with Gasteiger partial charge < -0.3 is 5.11 Å². The summed E-state index contributed by atoms with van der Waals surface area (Å²) in [5.74, 6) is 0.0324. The number of aromatic nitrogens is 1. The Morgan fingerprint density at radius 1 is 1.43 bits per heavy atom. The van der Waals surface area contributed by atoms with Gasteiger partial charge in [-0.2, -0.15) is 4.31 Å². The van der Waals surface area contributed by atoms with Gasteiger partial charge >= 0.3 is 0 Å². The van der Waals surface area contributed by atoms with Crippen molar-refractivity contribution in [3.8, 4) is 0 Å². The van der Waals surface area contributed by atoms with E-state index in [4.69, 9.17) is 0 Å². The summed E-state index contributed by atoms with van der Waals surface area (Å²) in [6.45, 7) is 2.79. The zero-order valence-electron chi connectivity index (χ0n) is 11.9. The number of para-hydroxylation sites is 1. The summed E-state index contributed by atoms with van der Waals surface area (Å²) in [6.07, 6.45) is 2.38. The van der Waals surface area contributed by atoms with Gasteiger partial charge in [-0.15, -0.1) is 0 Å². The van der Waals surface area contributed by atoms with Gasteiger partial charge in [-0.3, -0.25) is 4.98 Å². The molecule has 1 aromatic carbocycles. The highest BCUT2D eigenvalue weighted by Crippen LogP contribution is 2.28. The number of pyridine rings is 1. The van der Waals surface area contributed by atoms with Gasteiger partial charge in [0.1, 0.15) is 4.90 Å². The molecule has 0 radical (unpaired) electrons. The lowest BCUT2D eigenvalue weighted by Crippen LogP contribution is -2.29. The fraction of sp³-hybridized carbons (Fsp3) is 0.400. The van der Waals surface area contributed by atoms with Crippen LogP contribution in [0.25, 0.3) is 10.9 Å². The lowest BCUT2D eigenvalue weighted by Gasteiger charge is -2.17. The van der Waals surface area contributed by atoms with Crippen LogP contribution in [-0.2, 0) is 10.0 Å². The molecule has 1 aromatic heterocycles. The zero-order chi connectivity index (χ0) is 15.0. The van der Waals surface area contributed by atoms with E-state index in [1.54, 1.807) is 18.3 Å². The Morgan fingerprint density at radius 3 is 2.95 bits per heavy atom. The molecule has 112 valence electrons. The molecule has 1 aliphatic heterocycles. The molecule has 0 spiro atoms. The SMILES string of the molecule is Cc1cnc2c(S(=O)(=O)N3CCC(CO)C3)cccc2c1. The fourth-order valence-electron chi connectivity index (χ4n) is 2.75. The van der Waals surface area contributed by atoms with Crippen LogP contribution in [0.4, 0.5) is 0 Å². The number of hydrogen-bond donors (Lipinski definition) is 1. The highest BCUT2D eigenvalue weighted by atomic mass is 32.2. The summed E-state index contributed by atoms with van der Waals surface area (Å²) in [4.78, 5) is 4.55. The molecule has 0 bridgehead atoms. The van der Waals surface area contributed by atoms with Crippen molar-refractivity contribution in [2.24, 2.45) is 5.92 Å². The number of fused-ring (bicyclic) bond motifs is 1. The third-order valence-corrected chi connectivity index (χ3v) is 5.83. The highest BCUT2D eigenvalue weighted by molar-refractivity contribution is 7.89. The monoisotopic (exact) mass is 306 g/mol. The largest absolute Gasteiger partial charge is 0.396 e. The van der Waals surface area contributed by atoms with Crippen molar-refractivity contribution in [3.63, 3.8) is 0 Å². The number of rotatable bonds is 3. The maximum Gasteiger partial charge on any atom is 0.245 e. The molecule has 5 nitrogen and oxygen atoms in total. The van der Waals surface area contributed by atoms with E-state index in [2.05, 4.69) is 4.98 Å². The first kappa shape index (κ1) is 14.4. The van der Waals surface area contributed by atoms with Gasteiger partial charge in [0.15, 0.2) is 0 Å². The molecule has 1 fully saturated rings. The predicted molar refractivity (Wildman–Crippen MR) is 80.4 cm³/mol. The van der Waals surface area contributed by atoms with Crippen LogP contribution >= 0.6 is 0 Å². The molecule has 1 atom stereocenters. The van der Waals surface area contributed by atoms with E-state index in [1.807, 2.05) is 19.1 Å². The molecule has 6 heteroatoms. The van der Waals surface area contributed by atoms with Gasteiger partial charge in [-0.05, 0) is 37.0 Å². The number of aliphatic hydroxyl groups is 1. The van der Waals surface area contributed by atoms with Crippen LogP contribution in [0.1, 0.15) is 12.0 Å². The smallest absolute Gasteiger partial charge is 0.245 e. The third kappa shape index (κ3) is 2.54. The minimum atomic E-state index is -3.56. The lowest BCUT2D eigenvalue weighted by atomic mass is 10.1. The van der Waals surface area contributed by atoms with Crippen LogP contribution in [0.15, 0.2) is 35.4 Å². The molecule has 1 saturated heterocycles. The normalized spacial score (nSPS) is 20.2. The van der Waals surface area contributed by atoms with E-state index in [0.717, 1.165) is 10.9 Å². The summed E-state index contributed by atoms with van der Waals surface area (Å²) < 4.78 is 27.0. The molecular formula is C15H18N2O3S. The van der Waals surface area contributed by atoms with Crippen LogP contribution in [-0.4, -0.2) is 42.5 Å². The molecule has 3 rings (SSSR count). The molecule has 0 amide bonds. The van der Waals surface area contributed by atoms with E-state index in [9.17, 15) is 13.5 Å². The van der Waals surface area contributed by atoms with Gasteiger partial charge in [0, 0.05) is 31.3 Å². The van der Waals surface area contributed by atoms with Crippen molar-refractivity contribution in [1.29, 1.82) is 0 Å². The first-order valence-corrected chi connectivity index (χ1v) is 8.43. The molecule has 2 heterocycles. The van der Waals surface area contributed by atoms with E-state index in [-0.39, 0.29) is 17.4 Å². The number of benzene rings is 1. The van der Waals surface area contributed by atoms with Crippen LogP contribution in [0.5, 0.6) is 0 Å². The second-order valence-electron chi connectivity index (χ2n) is 5.54. The molecule has 1 N–H and O–H groups in total. The molecule has 1 aliphatic rings. The Hall–Kier alpha value is -1.50. The highest BCUT2D eigenvalue weighted by Gasteiger charge is 2.33. The van der Waals surface area contributed by atoms with E-state index >= 15 is 0 Å². The van der Waals surface area contributed by atoms with Crippen molar-refractivity contribution in [2.45, 2.75) is 18.2 Å². The molecule has 0 saturated carbocycles. The van der Waals surface area contributed by atoms with Crippen molar-refractivity contribution < 1.29 is 13.5 Å². The molecular weight excluding hydrogens is 288 g/mol. The average molecular weight is 306 g/mol. The quantitative estimate of drug-likeness (QED) is 0.934.